The van der Waals surface area contributed by atoms with Gasteiger partial charge in [-0.25, -0.2) is 0 Å². The molecule has 1 aliphatic rings. The maximum Gasteiger partial charge on any atom is 0.0446 e. The molecule has 2 heteroatoms. The topological polar surface area (TPSA) is 38.0 Å². The molecule has 0 radical (unpaired) electrons. The van der Waals surface area contributed by atoms with E-state index in [4.69, 9.17) is 5.73 Å². The highest BCUT2D eigenvalue weighted by atomic mass is 15.0. The lowest BCUT2D eigenvalue weighted by atomic mass is 9.94. The molecule has 0 spiro atoms. The summed E-state index contributed by atoms with van der Waals surface area (Å²) in [5.74, 6) is 0. The van der Waals surface area contributed by atoms with E-state index in [1.165, 1.54) is 43.2 Å². The molecule has 0 heterocycles. The summed E-state index contributed by atoms with van der Waals surface area (Å²) in [6.07, 6.45) is 6.74. The van der Waals surface area contributed by atoms with E-state index < -0.39 is 0 Å². The van der Waals surface area contributed by atoms with Crippen LogP contribution in [0.5, 0.6) is 0 Å². The van der Waals surface area contributed by atoms with Crippen LogP contribution in [0.3, 0.4) is 0 Å². The molecule has 1 fully saturated rings. The molecule has 0 bridgehead atoms. The van der Waals surface area contributed by atoms with Gasteiger partial charge >= 0.3 is 0 Å². The average molecular weight is 232 g/mol. The van der Waals surface area contributed by atoms with Crippen LogP contribution in [0.25, 0.3) is 0 Å². The maximum absolute atomic E-state index is 5.90. The molecule has 2 rings (SSSR count). The van der Waals surface area contributed by atoms with Gasteiger partial charge in [-0.3, -0.25) is 0 Å². The van der Waals surface area contributed by atoms with E-state index in [1.54, 1.807) is 0 Å². The second-order valence-corrected chi connectivity index (χ2v) is 5.20. The van der Waals surface area contributed by atoms with Crippen molar-refractivity contribution in [2.45, 2.75) is 51.1 Å². The van der Waals surface area contributed by atoms with Crippen LogP contribution in [0.2, 0.25) is 0 Å². The van der Waals surface area contributed by atoms with Crippen LogP contribution in [0.1, 0.15) is 49.3 Å². The largest absolute Gasteiger partial charge is 0.329 e. The number of rotatable bonds is 4. The van der Waals surface area contributed by atoms with E-state index in [-0.39, 0.29) is 0 Å². The molecule has 17 heavy (non-hydrogen) atoms. The van der Waals surface area contributed by atoms with Crippen LogP contribution >= 0.6 is 0 Å². The fraction of sp³-hybridized carbons (Fsp3) is 0.600. The summed E-state index contributed by atoms with van der Waals surface area (Å²) in [6, 6.07) is 9.71. The average Bonchev–Trinajstić information content (AvgIpc) is 2.38. The minimum atomic E-state index is 0.318. The van der Waals surface area contributed by atoms with E-state index in [0.29, 0.717) is 18.6 Å². The highest BCUT2D eigenvalue weighted by Gasteiger charge is 2.17. The minimum Gasteiger partial charge on any atom is -0.329 e. The lowest BCUT2D eigenvalue weighted by Crippen LogP contribution is -2.37. The van der Waals surface area contributed by atoms with E-state index in [9.17, 15) is 0 Å². The number of hydrogen-bond acceptors (Lipinski definition) is 2. The number of aryl methyl sites for hydroxylation is 1. The van der Waals surface area contributed by atoms with Gasteiger partial charge in [0.25, 0.3) is 0 Å². The van der Waals surface area contributed by atoms with E-state index in [0.717, 1.165) is 0 Å². The third kappa shape index (κ3) is 3.55. The number of hydrogen-bond donors (Lipinski definition) is 2. The molecule has 94 valence electrons. The first-order valence-electron chi connectivity index (χ1n) is 6.82. The number of benzene rings is 1. The summed E-state index contributed by atoms with van der Waals surface area (Å²) in [5.41, 5.74) is 8.53. The highest BCUT2D eigenvalue weighted by Crippen LogP contribution is 2.21. The number of nitrogens with two attached hydrogens (primary N) is 1. The zero-order valence-electron chi connectivity index (χ0n) is 10.8. The van der Waals surface area contributed by atoms with Gasteiger partial charge in [-0.05, 0) is 25.3 Å². The van der Waals surface area contributed by atoms with Crippen LogP contribution in [-0.2, 0) is 0 Å². The van der Waals surface area contributed by atoms with Crippen molar-refractivity contribution in [3.8, 4) is 0 Å². The first-order chi connectivity index (χ1) is 8.29. The Morgan fingerprint density at radius 1 is 1.18 bits per heavy atom. The Labute approximate surface area is 105 Å². The molecule has 1 atom stereocenters. The van der Waals surface area contributed by atoms with Gasteiger partial charge in [0.2, 0.25) is 0 Å². The monoisotopic (exact) mass is 232 g/mol. The summed E-state index contributed by atoms with van der Waals surface area (Å²) >= 11 is 0. The first kappa shape index (κ1) is 12.6. The molecule has 1 saturated carbocycles. The second-order valence-electron chi connectivity index (χ2n) is 5.20. The fourth-order valence-electron chi connectivity index (χ4n) is 2.65. The summed E-state index contributed by atoms with van der Waals surface area (Å²) in [4.78, 5) is 0. The third-order valence-electron chi connectivity index (χ3n) is 3.76. The van der Waals surface area contributed by atoms with Gasteiger partial charge in [0.05, 0.1) is 0 Å². The SMILES string of the molecule is Cc1ccc(C(CN)NC2CCCCC2)cc1. The molecule has 1 aromatic carbocycles. The summed E-state index contributed by atoms with van der Waals surface area (Å²) in [7, 11) is 0. The third-order valence-corrected chi connectivity index (χ3v) is 3.76. The Bertz CT molecular complexity index is 325. The van der Waals surface area contributed by atoms with Crippen LogP contribution in [0.4, 0.5) is 0 Å². The van der Waals surface area contributed by atoms with E-state index in [2.05, 4.69) is 36.5 Å². The molecule has 0 aromatic heterocycles. The lowest BCUT2D eigenvalue weighted by Gasteiger charge is -2.28. The molecule has 3 N–H and O–H groups in total. The van der Waals surface area contributed by atoms with Gasteiger partial charge < -0.3 is 11.1 Å². The fourth-order valence-corrected chi connectivity index (χ4v) is 2.65. The van der Waals surface area contributed by atoms with Gasteiger partial charge in [-0.2, -0.15) is 0 Å². The zero-order valence-corrected chi connectivity index (χ0v) is 10.8. The highest BCUT2D eigenvalue weighted by molar-refractivity contribution is 5.24. The molecule has 0 aliphatic heterocycles. The molecule has 1 aromatic rings. The molecule has 0 amide bonds. The predicted molar refractivity (Wildman–Crippen MR) is 73.0 cm³/mol. The van der Waals surface area contributed by atoms with Crippen molar-refractivity contribution in [3.05, 3.63) is 35.4 Å². The quantitative estimate of drug-likeness (QED) is 0.837. The van der Waals surface area contributed by atoms with Gasteiger partial charge in [0.1, 0.15) is 0 Å². The zero-order chi connectivity index (χ0) is 12.1. The summed E-state index contributed by atoms with van der Waals surface area (Å²) < 4.78 is 0. The second kappa shape index (κ2) is 6.18. The Morgan fingerprint density at radius 3 is 2.41 bits per heavy atom. The molecule has 1 aliphatic carbocycles. The van der Waals surface area contributed by atoms with E-state index in [1.807, 2.05) is 0 Å². The number of nitrogens with one attached hydrogen (secondary N) is 1. The Kier molecular flexibility index (Phi) is 4.57. The Balaban J connectivity index is 1.97. The van der Waals surface area contributed by atoms with Crippen LogP contribution in [0, 0.1) is 6.92 Å². The van der Waals surface area contributed by atoms with Crippen molar-refractivity contribution in [1.29, 1.82) is 0 Å². The summed E-state index contributed by atoms with van der Waals surface area (Å²) in [6.45, 7) is 2.80. The smallest absolute Gasteiger partial charge is 0.0446 e. The maximum atomic E-state index is 5.90. The predicted octanol–water partition coefficient (Wildman–Crippen LogP) is 2.92. The van der Waals surface area contributed by atoms with Crippen molar-refractivity contribution in [3.63, 3.8) is 0 Å². The van der Waals surface area contributed by atoms with Crippen molar-refractivity contribution in [2.75, 3.05) is 6.54 Å². The Morgan fingerprint density at radius 2 is 1.82 bits per heavy atom. The molecule has 2 nitrogen and oxygen atoms in total. The molecule has 0 saturated heterocycles. The van der Waals surface area contributed by atoms with Gasteiger partial charge in [-0.1, -0.05) is 49.1 Å². The lowest BCUT2D eigenvalue weighted by molar-refractivity contribution is 0.340. The van der Waals surface area contributed by atoms with Crippen molar-refractivity contribution >= 4 is 0 Å². The first-order valence-corrected chi connectivity index (χ1v) is 6.82. The van der Waals surface area contributed by atoms with Gasteiger partial charge in [0, 0.05) is 18.6 Å². The molecular weight excluding hydrogens is 208 g/mol. The van der Waals surface area contributed by atoms with Crippen molar-refractivity contribution in [2.24, 2.45) is 5.73 Å². The van der Waals surface area contributed by atoms with Gasteiger partial charge in [-0.15, -0.1) is 0 Å². The standard InChI is InChI=1S/C15H24N2/c1-12-7-9-13(10-8-12)15(11-16)17-14-5-3-2-4-6-14/h7-10,14-15,17H,2-6,11,16H2,1H3. The van der Waals surface area contributed by atoms with Crippen LogP contribution < -0.4 is 11.1 Å². The molecule has 1 unspecified atom stereocenters. The van der Waals surface area contributed by atoms with Crippen molar-refractivity contribution in [1.82, 2.24) is 5.32 Å². The molecular formula is C15H24N2. The van der Waals surface area contributed by atoms with E-state index >= 15 is 0 Å². The minimum absolute atomic E-state index is 0.318. The normalized spacial score (nSPS) is 19.2. The summed E-state index contributed by atoms with van der Waals surface area (Å²) in [5, 5.41) is 3.72. The van der Waals surface area contributed by atoms with Crippen LogP contribution in [0.15, 0.2) is 24.3 Å². The van der Waals surface area contributed by atoms with Crippen LogP contribution in [-0.4, -0.2) is 12.6 Å². The van der Waals surface area contributed by atoms with Crippen molar-refractivity contribution < 1.29 is 0 Å². The van der Waals surface area contributed by atoms with Gasteiger partial charge in [0.15, 0.2) is 0 Å². The Hall–Kier alpha value is -0.860.